The van der Waals surface area contributed by atoms with Gasteiger partial charge in [0.2, 0.25) is 0 Å². The maximum absolute atomic E-state index is 12.6. The van der Waals surface area contributed by atoms with E-state index in [2.05, 4.69) is 20.9 Å². The highest BCUT2D eigenvalue weighted by Gasteiger charge is 2.22. The summed E-state index contributed by atoms with van der Waals surface area (Å²) in [5.74, 6) is 0.599. The molecular formula is C20H19ClN4O. The summed E-state index contributed by atoms with van der Waals surface area (Å²) in [6, 6.07) is 11.4. The second-order valence-electron chi connectivity index (χ2n) is 6.56. The molecule has 0 amide bonds. The number of hydrogen-bond donors (Lipinski definition) is 1. The first-order valence-corrected chi connectivity index (χ1v) is 8.99. The van der Waals surface area contributed by atoms with E-state index in [1.54, 1.807) is 18.3 Å². The van der Waals surface area contributed by atoms with E-state index in [-0.39, 0.29) is 5.56 Å². The second-order valence-corrected chi connectivity index (χ2v) is 6.99. The number of H-pyrrole nitrogens is 1. The van der Waals surface area contributed by atoms with Crippen LogP contribution in [0.4, 0.5) is 0 Å². The Balaban J connectivity index is 1.59. The van der Waals surface area contributed by atoms with E-state index in [1.807, 2.05) is 25.1 Å². The second kappa shape index (κ2) is 7.02. The maximum atomic E-state index is 12.6. The first-order chi connectivity index (χ1) is 12.6. The van der Waals surface area contributed by atoms with Crippen LogP contribution in [0.1, 0.15) is 22.5 Å². The monoisotopic (exact) mass is 366 g/mol. The molecule has 1 aromatic carbocycles. The number of halogens is 1. The molecule has 0 saturated heterocycles. The first kappa shape index (κ1) is 16.9. The lowest BCUT2D eigenvalue weighted by Crippen LogP contribution is -2.35. The fraction of sp³-hybridized carbons (Fsp3) is 0.250. The van der Waals surface area contributed by atoms with Gasteiger partial charge in [-0.25, -0.2) is 4.98 Å². The summed E-state index contributed by atoms with van der Waals surface area (Å²) in [7, 11) is 0. The molecule has 1 aliphatic rings. The Morgan fingerprint density at radius 3 is 2.81 bits per heavy atom. The number of pyridine rings is 1. The molecule has 0 bridgehead atoms. The number of nitrogens with one attached hydrogen (secondary N) is 1. The molecule has 0 spiro atoms. The summed E-state index contributed by atoms with van der Waals surface area (Å²) in [6.07, 6.45) is 2.57. The summed E-state index contributed by atoms with van der Waals surface area (Å²) in [6.45, 7) is 4.28. The van der Waals surface area contributed by atoms with Crippen molar-refractivity contribution in [2.75, 3.05) is 6.54 Å². The Morgan fingerprint density at radius 2 is 2.04 bits per heavy atom. The number of rotatable bonds is 3. The zero-order valence-corrected chi connectivity index (χ0v) is 15.3. The van der Waals surface area contributed by atoms with E-state index >= 15 is 0 Å². The molecule has 0 saturated carbocycles. The first-order valence-electron chi connectivity index (χ1n) is 8.61. The fourth-order valence-electron chi connectivity index (χ4n) is 3.29. The Hall–Kier alpha value is -2.50. The number of hydrogen-bond acceptors (Lipinski definition) is 4. The number of benzene rings is 1. The van der Waals surface area contributed by atoms with Gasteiger partial charge in [0.1, 0.15) is 5.82 Å². The van der Waals surface area contributed by atoms with Gasteiger partial charge >= 0.3 is 0 Å². The van der Waals surface area contributed by atoms with Gasteiger partial charge in [0.05, 0.1) is 11.3 Å². The molecule has 6 heteroatoms. The lowest BCUT2D eigenvalue weighted by atomic mass is 10.0. The van der Waals surface area contributed by atoms with Crippen LogP contribution in [0, 0.1) is 6.92 Å². The van der Waals surface area contributed by atoms with Gasteiger partial charge in [-0.3, -0.25) is 14.7 Å². The molecule has 5 nitrogen and oxygen atoms in total. The maximum Gasteiger partial charge on any atom is 0.255 e. The van der Waals surface area contributed by atoms with Crippen molar-refractivity contribution in [1.82, 2.24) is 19.9 Å². The number of nitrogens with zero attached hydrogens (tertiary/aromatic N) is 3. The van der Waals surface area contributed by atoms with Crippen LogP contribution in [0.15, 0.2) is 47.4 Å². The highest BCUT2D eigenvalue weighted by Crippen LogP contribution is 2.21. The predicted octanol–water partition coefficient (Wildman–Crippen LogP) is 3.35. The average Bonchev–Trinajstić information content (AvgIpc) is 2.64. The topological polar surface area (TPSA) is 61.9 Å². The van der Waals surface area contributed by atoms with Gasteiger partial charge in [-0.05, 0) is 42.8 Å². The molecule has 1 aliphatic heterocycles. The number of aromatic amines is 1. The lowest BCUT2D eigenvalue weighted by molar-refractivity contribution is 0.241. The highest BCUT2D eigenvalue weighted by molar-refractivity contribution is 6.30. The largest absolute Gasteiger partial charge is 0.306 e. The molecule has 3 aromatic rings. The normalized spacial score (nSPS) is 14.2. The van der Waals surface area contributed by atoms with E-state index in [9.17, 15) is 4.79 Å². The average molecular weight is 367 g/mol. The van der Waals surface area contributed by atoms with E-state index in [0.29, 0.717) is 17.4 Å². The minimum Gasteiger partial charge on any atom is -0.306 e. The quantitative estimate of drug-likeness (QED) is 0.772. The van der Waals surface area contributed by atoms with Gasteiger partial charge in [0.15, 0.2) is 0 Å². The third-order valence-corrected chi connectivity index (χ3v) is 5.03. The zero-order valence-electron chi connectivity index (χ0n) is 14.5. The van der Waals surface area contributed by atoms with E-state index in [1.165, 1.54) is 5.56 Å². The van der Waals surface area contributed by atoms with Crippen molar-refractivity contribution in [3.05, 3.63) is 80.5 Å². The standard InChI is InChI=1S/C20H19ClN4O/c1-13-15(3-2-9-22-13)11-25-10-8-18-17(12-25)20(26)24-19(23-18)14-4-6-16(21)7-5-14/h2-7,9H,8,10-12H2,1H3,(H,23,24,26). The van der Waals surface area contributed by atoms with Gasteiger partial charge in [0.25, 0.3) is 5.56 Å². The molecule has 0 atom stereocenters. The summed E-state index contributed by atoms with van der Waals surface area (Å²) in [5, 5.41) is 0.662. The van der Waals surface area contributed by atoms with Gasteiger partial charge in [-0.15, -0.1) is 0 Å². The third-order valence-electron chi connectivity index (χ3n) is 4.78. The molecule has 0 fully saturated rings. The van der Waals surface area contributed by atoms with Crippen LogP contribution in [0.5, 0.6) is 0 Å². The van der Waals surface area contributed by atoms with E-state index in [0.717, 1.165) is 42.0 Å². The number of fused-ring (bicyclic) bond motifs is 1. The Bertz CT molecular complexity index is 997. The molecule has 2 aromatic heterocycles. The Kier molecular flexibility index (Phi) is 4.57. The molecule has 0 unspecified atom stereocenters. The van der Waals surface area contributed by atoms with Crippen molar-refractivity contribution >= 4 is 11.6 Å². The SMILES string of the molecule is Cc1ncccc1CN1CCc2nc(-c3ccc(Cl)cc3)[nH]c(=O)c2C1. The van der Waals surface area contributed by atoms with Crippen LogP contribution in [-0.4, -0.2) is 26.4 Å². The summed E-state index contributed by atoms with van der Waals surface area (Å²) in [5.41, 5.74) is 4.67. The van der Waals surface area contributed by atoms with Gasteiger partial charge in [0, 0.05) is 48.5 Å². The van der Waals surface area contributed by atoms with Crippen LogP contribution in [0.25, 0.3) is 11.4 Å². The van der Waals surface area contributed by atoms with Crippen LogP contribution in [0.3, 0.4) is 0 Å². The molecule has 26 heavy (non-hydrogen) atoms. The molecule has 0 aliphatic carbocycles. The predicted molar refractivity (Wildman–Crippen MR) is 102 cm³/mol. The minimum absolute atomic E-state index is 0.0624. The van der Waals surface area contributed by atoms with Crippen LogP contribution in [-0.2, 0) is 19.5 Å². The van der Waals surface area contributed by atoms with Crippen LogP contribution in [0.2, 0.25) is 5.02 Å². The Morgan fingerprint density at radius 1 is 1.23 bits per heavy atom. The van der Waals surface area contributed by atoms with E-state index < -0.39 is 0 Å². The van der Waals surface area contributed by atoms with Crippen molar-refractivity contribution in [3.8, 4) is 11.4 Å². The molecule has 3 heterocycles. The number of aromatic nitrogens is 3. The summed E-state index contributed by atoms with van der Waals surface area (Å²) in [4.78, 5) is 26.9. The fourth-order valence-corrected chi connectivity index (χ4v) is 3.41. The van der Waals surface area contributed by atoms with Gasteiger partial charge in [-0.2, -0.15) is 0 Å². The van der Waals surface area contributed by atoms with Crippen molar-refractivity contribution in [3.63, 3.8) is 0 Å². The van der Waals surface area contributed by atoms with Crippen molar-refractivity contribution in [2.45, 2.75) is 26.4 Å². The molecular weight excluding hydrogens is 348 g/mol. The third kappa shape index (κ3) is 3.41. The highest BCUT2D eigenvalue weighted by atomic mass is 35.5. The molecule has 4 rings (SSSR count). The Labute approximate surface area is 156 Å². The molecule has 0 radical (unpaired) electrons. The van der Waals surface area contributed by atoms with E-state index in [4.69, 9.17) is 16.6 Å². The van der Waals surface area contributed by atoms with Crippen molar-refractivity contribution in [2.24, 2.45) is 0 Å². The van der Waals surface area contributed by atoms with Gasteiger partial charge in [-0.1, -0.05) is 17.7 Å². The van der Waals surface area contributed by atoms with Crippen molar-refractivity contribution in [1.29, 1.82) is 0 Å². The summed E-state index contributed by atoms with van der Waals surface area (Å²) < 4.78 is 0. The zero-order chi connectivity index (χ0) is 18.1. The minimum atomic E-state index is -0.0624. The lowest BCUT2D eigenvalue weighted by Gasteiger charge is -2.28. The summed E-state index contributed by atoms with van der Waals surface area (Å²) >= 11 is 5.94. The van der Waals surface area contributed by atoms with Crippen LogP contribution >= 0.6 is 11.6 Å². The van der Waals surface area contributed by atoms with Crippen molar-refractivity contribution < 1.29 is 0 Å². The smallest absolute Gasteiger partial charge is 0.255 e. The van der Waals surface area contributed by atoms with Gasteiger partial charge < -0.3 is 4.98 Å². The van der Waals surface area contributed by atoms with Crippen LogP contribution < -0.4 is 5.56 Å². The molecule has 132 valence electrons. The molecule has 1 N–H and O–H groups in total. The number of aryl methyl sites for hydroxylation is 1.